The van der Waals surface area contributed by atoms with Crippen molar-refractivity contribution in [3.8, 4) is 0 Å². The van der Waals surface area contributed by atoms with Crippen LogP contribution in [0.4, 0.5) is 0 Å². The Balaban J connectivity index is 1.44. The van der Waals surface area contributed by atoms with E-state index in [1.807, 2.05) is 34.9 Å². The third-order valence-electron chi connectivity index (χ3n) is 6.07. The summed E-state index contributed by atoms with van der Waals surface area (Å²) in [6.07, 6.45) is 3.43. The second-order valence-electron chi connectivity index (χ2n) is 7.95. The third-order valence-corrected chi connectivity index (χ3v) is 6.07. The normalized spacial score (nSPS) is 29.0. The van der Waals surface area contributed by atoms with Gasteiger partial charge in [-0.15, -0.1) is 0 Å². The van der Waals surface area contributed by atoms with E-state index in [4.69, 9.17) is 4.74 Å². The largest absolute Gasteiger partial charge is 0.381 e. The van der Waals surface area contributed by atoms with Gasteiger partial charge in [0.05, 0.1) is 30.2 Å². The molecule has 3 aliphatic heterocycles. The lowest BCUT2D eigenvalue weighted by Crippen LogP contribution is -2.51. The van der Waals surface area contributed by atoms with Crippen molar-refractivity contribution in [1.29, 1.82) is 0 Å². The number of aryl methyl sites for hydroxylation is 1. The standard InChI is InChI=1S/C20H27N3O3/c1-15-4-2-5-17(21-15)12-22-10-8-20(19(22)25)7-3-9-23(14-20)18(24)16-6-11-26-13-16/h2,4-5,16H,3,6-14H2,1H3/t16-,20-/m1/s1. The monoisotopic (exact) mass is 357 g/mol. The summed E-state index contributed by atoms with van der Waals surface area (Å²) < 4.78 is 5.37. The Morgan fingerprint density at radius 3 is 3.00 bits per heavy atom. The molecule has 0 bridgehead atoms. The van der Waals surface area contributed by atoms with Gasteiger partial charge in [-0.2, -0.15) is 0 Å². The summed E-state index contributed by atoms with van der Waals surface area (Å²) in [5.74, 6) is 0.350. The van der Waals surface area contributed by atoms with E-state index < -0.39 is 5.41 Å². The molecule has 4 rings (SSSR count). The maximum atomic E-state index is 13.2. The number of hydrogen-bond acceptors (Lipinski definition) is 4. The molecule has 26 heavy (non-hydrogen) atoms. The van der Waals surface area contributed by atoms with Crippen LogP contribution in [-0.4, -0.2) is 59.4 Å². The van der Waals surface area contributed by atoms with Gasteiger partial charge in [0, 0.05) is 31.9 Å². The fourth-order valence-electron chi connectivity index (χ4n) is 4.61. The van der Waals surface area contributed by atoms with Crippen molar-refractivity contribution in [3.63, 3.8) is 0 Å². The molecule has 4 heterocycles. The first-order chi connectivity index (χ1) is 12.6. The van der Waals surface area contributed by atoms with Crippen molar-refractivity contribution in [3.05, 3.63) is 29.6 Å². The molecule has 2 atom stereocenters. The van der Waals surface area contributed by atoms with Crippen LogP contribution in [0.1, 0.15) is 37.1 Å². The predicted molar refractivity (Wildman–Crippen MR) is 96.2 cm³/mol. The molecule has 1 aromatic rings. The highest BCUT2D eigenvalue weighted by Gasteiger charge is 2.50. The first-order valence-electron chi connectivity index (χ1n) is 9.66. The molecule has 3 saturated heterocycles. The van der Waals surface area contributed by atoms with Crippen molar-refractivity contribution in [1.82, 2.24) is 14.8 Å². The number of pyridine rings is 1. The number of likely N-dealkylation sites (tertiary alicyclic amines) is 2. The van der Waals surface area contributed by atoms with Crippen LogP contribution in [0.2, 0.25) is 0 Å². The molecule has 1 spiro atoms. The average Bonchev–Trinajstić information content (AvgIpc) is 3.27. The number of piperidine rings is 1. The average molecular weight is 357 g/mol. The number of carbonyl (C=O) groups is 2. The minimum absolute atomic E-state index is 0.0192. The number of ether oxygens (including phenoxy) is 1. The number of nitrogens with zero attached hydrogens (tertiary/aromatic N) is 3. The van der Waals surface area contributed by atoms with Gasteiger partial charge in [0.2, 0.25) is 11.8 Å². The molecule has 6 nitrogen and oxygen atoms in total. The molecule has 0 saturated carbocycles. The van der Waals surface area contributed by atoms with Crippen molar-refractivity contribution in [2.24, 2.45) is 11.3 Å². The number of rotatable bonds is 3. The van der Waals surface area contributed by atoms with Crippen molar-refractivity contribution in [2.45, 2.75) is 39.2 Å². The molecule has 0 N–H and O–H groups in total. The Bertz CT molecular complexity index is 701. The van der Waals surface area contributed by atoms with Crippen LogP contribution < -0.4 is 0 Å². The summed E-state index contributed by atoms with van der Waals surface area (Å²) in [6.45, 7) is 5.82. The molecule has 1 aromatic heterocycles. The van der Waals surface area contributed by atoms with Gasteiger partial charge in [-0.3, -0.25) is 14.6 Å². The van der Waals surface area contributed by atoms with E-state index in [-0.39, 0.29) is 17.7 Å². The van der Waals surface area contributed by atoms with Crippen LogP contribution >= 0.6 is 0 Å². The van der Waals surface area contributed by atoms with E-state index in [2.05, 4.69) is 4.98 Å². The zero-order chi connectivity index (χ0) is 18.1. The summed E-state index contributed by atoms with van der Waals surface area (Å²) in [5, 5.41) is 0. The van der Waals surface area contributed by atoms with Gasteiger partial charge >= 0.3 is 0 Å². The highest BCUT2D eigenvalue weighted by molar-refractivity contribution is 5.87. The zero-order valence-electron chi connectivity index (χ0n) is 15.4. The molecule has 3 fully saturated rings. The molecule has 0 unspecified atom stereocenters. The molecule has 0 aliphatic carbocycles. The number of carbonyl (C=O) groups excluding carboxylic acids is 2. The lowest BCUT2D eigenvalue weighted by atomic mass is 9.78. The summed E-state index contributed by atoms with van der Waals surface area (Å²) in [6, 6.07) is 5.93. The fourth-order valence-corrected chi connectivity index (χ4v) is 4.61. The Labute approximate surface area is 154 Å². The van der Waals surface area contributed by atoms with Crippen molar-refractivity contribution < 1.29 is 14.3 Å². The van der Waals surface area contributed by atoms with E-state index in [1.165, 1.54) is 0 Å². The van der Waals surface area contributed by atoms with E-state index >= 15 is 0 Å². The summed E-state index contributed by atoms with van der Waals surface area (Å²) in [5.41, 5.74) is 1.51. The molecular weight excluding hydrogens is 330 g/mol. The molecule has 2 amide bonds. The lowest BCUT2D eigenvalue weighted by molar-refractivity contribution is -0.145. The second kappa shape index (κ2) is 6.99. The number of amides is 2. The van der Waals surface area contributed by atoms with Crippen LogP contribution in [0.5, 0.6) is 0 Å². The van der Waals surface area contributed by atoms with Crippen LogP contribution in [0.15, 0.2) is 18.2 Å². The van der Waals surface area contributed by atoms with Crippen LogP contribution in [0.3, 0.4) is 0 Å². The molecule has 0 aromatic carbocycles. The third kappa shape index (κ3) is 3.22. The summed E-state index contributed by atoms with van der Waals surface area (Å²) in [7, 11) is 0. The summed E-state index contributed by atoms with van der Waals surface area (Å²) >= 11 is 0. The van der Waals surface area contributed by atoms with Gasteiger partial charge in [-0.1, -0.05) is 6.07 Å². The van der Waals surface area contributed by atoms with E-state index in [9.17, 15) is 9.59 Å². The van der Waals surface area contributed by atoms with Gasteiger partial charge < -0.3 is 14.5 Å². The topological polar surface area (TPSA) is 62.7 Å². The van der Waals surface area contributed by atoms with Gasteiger partial charge in [0.1, 0.15) is 0 Å². The molecule has 140 valence electrons. The van der Waals surface area contributed by atoms with E-state index in [0.717, 1.165) is 50.2 Å². The quantitative estimate of drug-likeness (QED) is 0.827. The molecule has 0 radical (unpaired) electrons. The smallest absolute Gasteiger partial charge is 0.231 e. The first-order valence-corrected chi connectivity index (χ1v) is 9.66. The maximum Gasteiger partial charge on any atom is 0.231 e. The fraction of sp³-hybridized carbons (Fsp3) is 0.650. The Morgan fingerprint density at radius 1 is 1.35 bits per heavy atom. The Hall–Kier alpha value is -1.95. The minimum Gasteiger partial charge on any atom is -0.381 e. The van der Waals surface area contributed by atoms with Gasteiger partial charge in [-0.25, -0.2) is 0 Å². The minimum atomic E-state index is -0.392. The van der Waals surface area contributed by atoms with E-state index in [1.54, 1.807) is 0 Å². The van der Waals surface area contributed by atoms with Crippen molar-refractivity contribution in [2.75, 3.05) is 32.8 Å². The highest BCUT2D eigenvalue weighted by Crippen LogP contribution is 2.41. The maximum absolute atomic E-state index is 13.2. The molecular formula is C20H27N3O3. The zero-order valence-corrected chi connectivity index (χ0v) is 15.4. The second-order valence-corrected chi connectivity index (χ2v) is 7.95. The van der Waals surface area contributed by atoms with Crippen LogP contribution in [0.25, 0.3) is 0 Å². The number of aromatic nitrogens is 1. The van der Waals surface area contributed by atoms with Gasteiger partial charge in [0.25, 0.3) is 0 Å². The highest BCUT2D eigenvalue weighted by atomic mass is 16.5. The number of hydrogen-bond donors (Lipinski definition) is 0. The lowest BCUT2D eigenvalue weighted by Gasteiger charge is -2.39. The van der Waals surface area contributed by atoms with E-state index in [0.29, 0.717) is 26.3 Å². The van der Waals surface area contributed by atoms with Gasteiger partial charge in [0.15, 0.2) is 0 Å². The van der Waals surface area contributed by atoms with Gasteiger partial charge in [-0.05, 0) is 44.7 Å². The summed E-state index contributed by atoms with van der Waals surface area (Å²) in [4.78, 5) is 34.3. The Kier molecular flexibility index (Phi) is 4.69. The van der Waals surface area contributed by atoms with Crippen LogP contribution in [-0.2, 0) is 20.9 Å². The molecule has 6 heteroatoms. The Morgan fingerprint density at radius 2 is 2.23 bits per heavy atom. The molecule has 3 aliphatic rings. The van der Waals surface area contributed by atoms with Crippen molar-refractivity contribution >= 4 is 11.8 Å². The first kappa shape index (κ1) is 17.5. The predicted octanol–water partition coefficient (Wildman–Crippen LogP) is 1.77. The SMILES string of the molecule is Cc1cccc(CN2CC[C@@]3(CCCN(C(=O)[C@@H]4CCOC4)C3)C2=O)n1. The van der Waals surface area contributed by atoms with Crippen LogP contribution in [0, 0.1) is 18.3 Å².